The summed E-state index contributed by atoms with van der Waals surface area (Å²) in [6.07, 6.45) is -0.438. The number of primary sulfonamides is 1. The molecule has 0 aliphatic rings. The van der Waals surface area contributed by atoms with Gasteiger partial charge >= 0.3 is 0 Å². The molecule has 0 aliphatic carbocycles. The molecule has 0 amide bonds. The van der Waals surface area contributed by atoms with Gasteiger partial charge in [0.05, 0.1) is 17.3 Å². The molecule has 31 heavy (non-hydrogen) atoms. The first kappa shape index (κ1) is 15.3. The second kappa shape index (κ2) is 7.64. The number of aromatic nitrogens is 4. The van der Waals surface area contributed by atoms with E-state index in [0.717, 1.165) is 0 Å². The number of rotatable bonds is 5. The summed E-state index contributed by atoms with van der Waals surface area (Å²) in [7, 11) is -0.819. The van der Waals surface area contributed by atoms with E-state index in [-0.39, 0.29) is 57.7 Å². The summed E-state index contributed by atoms with van der Waals surface area (Å²) in [4.78, 5) is 9.44. The minimum atomic E-state index is -3.98. The van der Waals surface area contributed by atoms with E-state index >= 15 is 0 Å². The number of nitrogens with zero attached hydrogens (tertiary/aromatic N) is 5. The molecule has 0 radical (unpaired) electrons. The number of anilines is 4. The lowest BCUT2D eigenvalue weighted by Gasteiger charge is -2.19. The van der Waals surface area contributed by atoms with E-state index in [1.54, 1.807) is 33.0 Å². The zero-order chi connectivity index (χ0) is 26.7. The van der Waals surface area contributed by atoms with E-state index in [0.29, 0.717) is 16.6 Å². The predicted octanol–water partition coefficient (Wildman–Crippen LogP) is 3.14. The van der Waals surface area contributed by atoms with Crippen molar-refractivity contribution in [2.24, 2.45) is 12.2 Å². The zero-order valence-electron chi connectivity index (χ0n) is 22.3. The SMILES string of the molecule is [2H]c1nc(Nc2ccc(C)c(S(N)(=O)=O)c2)nc(N(C)c2c([2H])c([2H])c3c(C)n(C)nc3c2[2H])c1[2H]. The first-order valence-corrected chi connectivity index (χ1v) is 10.7. The molecule has 0 atom stereocenters. The molecule has 4 rings (SSSR count). The molecule has 2 aromatic carbocycles. The Morgan fingerprint density at radius 2 is 2.00 bits per heavy atom. The van der Waals surface area contributed by atoms with Gasteiger partial charge in [0.2, 0.25) is 16.0 Å². The third-order valence-electron chi connectivity index (χ3n) is 4.82. The molecule has 10 heteroatoms. The van der Waals surface area contributed by atoms with E-state index in [1.165, 1.54) is 22.7 Å². The fourth-order valence-corrected chi connectivity index (χ4v) is 3.80. The van der Waals surface area contributed by atoms with Gasteiger partial charge in [-0.3, -0.25) is 4.68 Å². The summed E-state index contributed by atoms with van der Waals surface area (Å²) in [5.74, 6) is -0.203. The van der Waals surface area contributed by atoms with Gasteiger partial charge in [-0.05, 0) is 55.7 Å². The van der Waals surface area contributed by atoms with Crippen molar-refractivity contribution in [2.75, 3.05) is 17.3 Å². The van der Waals surface area contributed by atoms with Gasteiger partial charge in [-0.2, -0.15) is 10.1 Å². The second-order valence-electron chi connectivity index (χ2n) is 6.97. The van der Waals surface area contributed by atoms with Gasteiger partial charge in [-0.15, -0.1) is 0 Å². The average molecular weight is 443 g/mol. The highest BCUT2D eigenvalue weighted by Gasteiger charge is 2.14. The smallest absolute Gasteiger partial charge is 0.238 e. The Kier molecular flexibility index (Phi) is 3.78. The van der Waals surface area contributed by atoms with Crippen LogP contribution in [0.4, 0.5) is 23.1 Å². The number of hydrogen-bond donors (Lipinski definition) is 2. The lowest BCUT2D eigenvalue weighted by atomic mass is 10.2. The molecular formula is C21H23N7O2S. The monoisotopic (exact) mass is 442 g/mol. The predicted molar refractivity (Wildman–Crippen MR) is 121 cm³/mol. The maximum atomic E-state index is 11.9. The Balaban J connectivity index is 1.83. The number of aryl methyl sites for hydroxylation is 3. The third-order valence-corrected chi connectivity index (χ3v) is 5.87. The molecule has 160 valence electrons. The summed E-state index contributed by atoms with van der Waals surface area (Å²) in [5, 5.41) is 12.8. The molecule has 2 heterocycles. The van der Waals surface area contributed by atoms with Gasteiger partial charge in [-0.1, -0.05) is 6.07 Å². The van der Waals surface area contributed by atoms with Crippen molar-refractivity contribution >= 4 is 44.1 Å². The van der Waals surface area contributed by atoms with Crippen molar-refractivity contribution in [3.8, 4) is 0 Å². The molecule has 0 bridgehead atoms. The number of sulfonamides is 1. The number of nitrogens with one attached hydrogen (secondary N) is 1. The van der Waals surface area contributed by atoms with Crippen LogP contribution >= 0.6 is 0 Å². The van der Waals surface area contributed by atoms with Gasteiger partial charge in [0, 0.05) is 42.7 Å². The third kappa shape index (κ3) is 4.07. The van der Waals surface area contributed by atoms with E-state index in [4.69, 9.17) is 12.0 Å². The normalized spacial score (nSPS) is 13.9. The number of benzene rings is 2. The molecule has 0 fully saturated rings. The van der Waals surface area contributed by atoms with Crippen LogP contribution in [0.1, 0.15) is 18.1 Å². The quantitative estimate of drug-likeness (QED) is 0.487. The Labute approximate surface area is 187 Å². The first-order chi connectivity index (χ1) is 16.7. The lowest BCUT2D eigenvalue weighted by Crippen LogP contribution is -2.14. The first-order valence-electron chi connectivity index (χ1n) is 11.6. The van der Waals surface area contributed by atoms with Crippen LogP contribution in [0.25, 0.3) is 10.9 Å². The standard InChI is InChI=1S/C21H23N7O2S/c1-13-5-6-15(11-19(13)31(22,29)30)24-21-23-10-9-20(25-21)27(3)16-7-8-17-14(2)28(4)26-18(17)12-16/h5-12H,1-4H3,(H2,22,29,30)(H,23,24,25)/i7D,8D,9D,10D,12D. The molecular weight excluding hydrogens is 414 g/mol. The Hall–Kier alpha value is -3.50. The van der Waals surface area contributed by atoms with Crippen LogP contribution in [0.5, 0.6) is 0 Å². The molecule has 0 unspecified atom stereocenters. The van der Waals surface area contributed by atoms with E-state index in [2.05, 4.69) is 20.4 Å². The van der Waals surface area contributed by atoms with Crippen molar-refractivity contribution < 1.29 is 15.3 Å². The molecule has 3 N–H and O–H groups in total. The van der Waals surface area contributed by atoms with Gasteiger partial charge in [0.25, 0.3) is 0 Å². The van der Waals surface area contributed by atoms with Gasteiger partial charge in [0.15, 0.2) is 0 Å². The summed E-state index contributed by atoms with van der Waals surface area (Å²) in [6, 6.07) is 3.60. The van der Waals surface area contributed by atoms with Crippen molar-refractivity contribution in [3.63, 3.8) is 0 Å². The van der Waals surface area contributed by atoms with E-state index in [1.807, 2.05) is 0 Å². The number of nitrogens with two attached hydrogens (primary N) is 1. The Morgan fingerprint density at radius 3 is 2.74 bits per heavy atom. The maximum Gasteiger partial charge on any atom is 0.238 e. The van der Waals surface area contributed by atoms with Crippen LogP contribution in [0.15, 0.2) is 53.4 Å². The molecule has 0 saturated carbocycles. The largest absolute Gasteiger partial charge is 0.329 e. The molecule has 0 aliphatic heterocycles. The van der Waals surface area contributed by atoms with Crippen molar-refractivity contribution in [3.05, 3.63) is 59.8 Å². The maximum absolute atomic E-state index is 11.9. The molecule has 0 spiro atoms. The van der Waals surface area contributed by atoms with Crippen molar-refractivity contribution in [1.82, 2.24) is 19.7 Å². The van der Waals surface area contributed by atoms with Crippen molar-refractivity contribution in [1.29, 1.82) is 0 Å². The van der Waals surface area contributed by atoms with Crippen LogP contribution < -0.4 is 15.4 Å². The highest BCUT2D eigenvalue weighted by atomic mass is 32.2. The van der Waals surface area contributed by atoms with Gasteiger partial charge < -0.3 is 10.2 Å². The van der Waals surface area contributed by atoms with Crippen LogP contribution in [0.3, 0.4) is 0 Å². The highest BCUT2D eigenvalue weighted by molar-refractivity contribution is 7.89. The van der Waals surface area contributed by atoms with Gasteiger partial charge in [-0.25, -0.2) is 18.5 Å². The number of hydrogen-bond acceptors (Lipinski definition) is 7. The minimum absolute atomic E-state index is 0.00463. The van der Waals surface area contributed by atoms with Crippen LogP contribution in [0, 0.1) is 13.8 Å². The zero-order valence-corrected chi connectivity index (χ0v) is 18.1. The van der Waals surface area contributed by atoms with E-state index < -0.39 is 16.2 Å². The average Bonchev–Trinajstić information content (AvgIpc) is 3.10. The summed E-state index contributed by atoms with van der Waals surface area (Å²) >= 11 is 0. The van der Waals surface area contributed by atoms with Gasteiger partial charge in [0.1, 0.15) is 5.82 Å². The fraction of sp³-hybridized carbons (Fsp3) is 0.190. The lowest BCUT2D eigenvalue weighted by molar-refractivity contribution is 0.597. The summed E-state index contributed by atoms with van der Waals surface area (Å²) in [5.41, 5.74) is 1.61. The molecule has 4 aromatic rings. The molecule has 2 aromatic heterocycles. The Morgan fingerprint density at radius 1 is 1.23 bits per heavy atom. The molecule has 9 nitrogen and oxygen atoms in total. The number of fused-ring (bicyclic) bond motifs is 1. The highest BCUT2D eigenvalue weighted by Crippen LogP contribution is 2.28. The summed E-state index contributed by atoms with van der Waals surface area (Å²) < 4.78 is 67.4. The van der Waals surface area contributed by atoms with Crippen LogP contribution in [-0.2, 0) is 17.1 Å². The van der Waals surface area contributed by atoms with Crippen LogP contribution in [-0.4, -0.2) is 35.2 Å². The Bertz CT molecular complexity index is 1660. The topological polar surface area (TPSA) is 119 Å². The van der Waals surface area contributed by atoms with Crippen molar-refractivity contribution in [2.45, 2.75) is 18.7 Å². The summed E-state index contributed by atoms with van der Waals surface area (Å²) in [6.45, 7) is 3.35. The molecule has 0 saturated heterocycles. The van der Waals surface area contributed by atoms with Crippen LogP contribution in [0.2, 0.25) is 0 Å². The minimum Gasteiger partial charge on any atom is -0.329 e. The van der Waals surface area contributed by atoms with E-state index in [9.17, 15) is 8.42 Å². The second-order valence-corrected chi connectivity index (χ2v) is 8.50. The fourth-order valence-electron chi connectivity index (χ4n) is 3.00.